The molecule has 0 aliphatic heterocycles. The maximum atomic E-state index is 11.9. The lowest BCUT2D eigenvalue weighted by atomic mass is 10.1. The van der Waals surface area contributed by atoms with E-state index in [1.165, 1.54) is 51.0 Å². The van der Waals surface area contributed by atoms with Gasteiger partial charge in [0, 0.05) is 6.07 Å². The zero-order valence-corrected chi connectivity index (χ0v) is 15.0. The van der Waals surface area contributed by atoms with Gasteiger partial charge in [-0.25, -0.2) is 4.79 Å². The molecule has 140 valence electrons. The molecule has 0 bridgehead atoms. The fourth-order valence-corrected chi connectivity index (χ4v) is 2.63. The third-order valence-electron chi connectivity index (χ3n) is 4.14. The monoisotopic (exact) mass is 351 g/mol. The van der Waals surface area contributed by atoms with E-state index in [0.29, 0.717) is 6.61 Å². The molecule has 1 aromatic carbocycles. The van der Waals surface area contributed by atoms with E-state index in [4.69, 9.17) is 4.74 Å². The number of phenols is 1. The van der Waals surface area contributed by atoms with E-state index in [2.05, 4.69) is 6.92 Å². The van der Waals surface area contributed by atoms with Crippen LogP contribution in [0, 0.1) is 10.1 Å². The summed E-state index contributed by atoms with van der Waals surface area (Å²) in [4.78, 5) is 21.9. The summed E-state index contributed by atoms with van der Waals surface area (Å²) in [6.45, 7) is 2.53. The van der Waals surface area contributed by atoms with Crippen molar-refractivity contribution in [3.05, 3.63) is 33.9 Å². The first-order valence-corrected chi connectivity index (χ1v) is 9.20. The number of nitro benzene ring substituents is 1. The largest absolute Gasteiger partial charge is 0.502 e. The number of phenolic OH excluding ortho intramolecular Hbond substituents is 1. The van der Waals surface area contributed by atoms with Crippen molar-refractivity contribution < 1.29 is 19.6 Å². The van der Waals surface area contributed by atoms with Gasteiger partial charge in [-0.2, -0.15) is 0 Å². The van der Waals surface area contributed by atoms with Gasteiger partial charge in [-0.3, -0.25) is 10.1 Å². The number of unbranched alkanes of at least 4 members (excludes halogenated alkanes) is 9. The van der Waals surface area contributed by atoms with Gasteiger partial charge in [-0.05, 0) is 18.6 Å². The lowest BCUT2D eigenvalue weighted by Gasteiger charge is -2.05. The predicted octanol–water partition coefficient (Wildman–Crippen LogP) is 5.38. The lowest BCUT2D eigenvalue weighted by Crippen LogP contribution is -2.07. The highest BCUT2D eigenvalue weighted by atomic mass is 16.6. The van der Waals surface area contributed by atoms with Gasteiger partial charge in [0.05, 0.1) is 17.1 Å². The molecule has 6 heteroatoms. The molecule has 0 heterocycles. The summed E-state index contributed by atoms with van der Waals surface area (Å²) in [7, 11) is 0. The molecule has 0 aliphatic rings. The van der Waals surface area contributed by atoms with Crippen molar-refractivity contribution in [3.8, 4) is 5.75 Å². The van der Waals surface area contributed by atoms with Crippen molar-refractivity contribution in [2.24, 2.45) is 0 Å². The van der Waals surface area contributed by atoms with Crippen LogP contribution in [0.2, 0.25) is 0 Å². The fourth-order valence-electron chi connectivity index (χ4n) is 2.63. The van der Waals surface area contributed by atoms with Crippen LogP contribution in [0.15, 0.2) is 18.2 Å². The first kappa shape index (κ1) is 20.9. The van der Waals surface area contributed by atoms with Crippen LogP contribution in [0.3, 0.4) is 0 Å². The minimum atomic E-state index is -0.728. The van der Waals surface area contributed by atoms with Crippen LogP contribution in [0.4, 0.5) is 5.69 Å². The Morgan fingerprint density at radius 2 is 1.60 bits per heavy atom. The number of ether oxygens (including phenoxy) is 1. The molecule has 1 aromatic rings. The topological polar surface area (TPSA) is 89.7 Å². The molecular weight excluding hydrogens is 322 g/mol. The van der Waals surface area contributed by atoms with Gasteiger partial charge in [0.2, 0.25) is 0 Å². The summed E-state index contributed by atoms with van der Waals surface area (Å²) >= 11 is 0. The number of rotatable bonds is 13. The van der Waals surface area contributed by atoms with Crippen LogP contribution < -0.4 is 0 Å². The van der Waals surface area contributed by atoms with Crippen molar-refractivity contribution in [1.29, 1.82) is 0 Å². The molecule has 0 amide bonds. The number of hydrogen-bond donors (Lipinski definition) is 1. The van der Waals surface area contributed by atoms with Gasteiger partial charge in [-0.1, -0.05) is 64.7 Å². The van der Waals surface area contributed by atoms with Gasteiger partial charge >= 0.3 is 11.7 Å². The predicted molar refractivity (Wildman–Crippen MR) is 96.9 cm³/mol. The summed E-state index contributed by atoms with van der Waals surface area (Å²) in [5.41, 5.74) is -0.412. The number of benzene rings is 1. The highest BCUT2D eigenvalue weighted by Gasteiger charge is 2.17. The van der Waals surface area contributed by atoms with Gasteiger partial charge in [0.15, 0.2) is 5.75 Å². The van der Waals surface area contributed by atoms with Crippen molar-refractivity contribution >= 4 is 11.7 Å². The molecule has 25 heavy (non-hydrogen) atoms. The number of nitro groups is 1. The van der Waals surface area contributed by atoms with Crippen LogP contribution in [0.1, 0.15) is 81.5 Å². The van der Waals surface area contributed by atoms with Crippen LogP contribution in [0.25, 0.3) is 0 Å². The maximum Gasteiger partial charge on any atom is 0.338 e. The summed E-state index contributed by atoms with van der Waals surface area (Å²) in [5.74, 6) is -1.06. The Labute approximate surface area is 149 Å². The van der Waals surface area contributed by atoms with Crippen molar-refractivity contribution in [2.75, 3.05) is 6.61 Å². The zero-order valence-electron chi connectivity index (χ0n) is 15.0. The zero-order chi connectivity index (χ0) is 18.5. The fraction of sp³-hybridized carbons (Fsp3) is 0.632. The Balaban J connectivity index is 2.13. The second kappa shape index (κ2) is 12.3. The summed E-state index contributed by atoms with van der Waals surface area (Å²) in [6.07, 6.45) is 12.0. The van der Waals surface area contributed by atoms with E-state index in [1.54, 1.807) is 0 Å². The number of aromatic hydroxyl groups is 1. The molecule has 0 unspecified atom stereocenters. The van der Waals surface area contributed by atoms with Gasteiger partial charge in [-0.15, -0.1) is 0 Å². The number of carbonyl (C=O) groups is 1. The van der Waals surface area contributed by atoms with Crippen LogP contribution in [-0.2, 0) is 4.74 Å². The first-order valence-electron chi connectivity index (χ1n) is 9.20. The minimum absolute atomic E-state index is 0.0802. The molecule has 0 radical (unpaired) electrons. The molecule has 0 aliphatic carbocycles. The Kier molecular flexibility index (Phi) is 10.3. The van der Waals surface area contributed by atoms with Crippen molar-refractivity contribution in [2.45, 2.75) is 71.1 Å². The Hall–Kier alpha value is -2.11. The Bertz CT molecular complexity index is 545. The van der Waals surface area contributed by atoms with E-state index >= 15 is 0 Å². The Morgan fingerprint density at radius 3 is 2.16 bits per heavy atom. The molecule has 0 saturated heterocycles. The van der Waals surface area contributed by atoms with Gasteiger partial charge in [0.25, 0.3) is 0 Å². The van der Waals surface area contributed by atoms with E-state index in [0.717, 1.165) is 31.4 Å². The van der Waals surface area contributed by atoms with E-state index in [1.807, 2.05) is 0 Å². The average molecular weight is 351 g/mol. The third-order valence-corrected chi connectivity index (χ3v) is 4.14. The quantitative estimate of drug-likeness (QED) is 0.223. The normalized spacial score (nSPS) is 10.6. The van der Waals surface area contributed by atoms with Crippen molar-refractivity contribution in [1.82, 2.24) is 0 Å². The molecule has 0 atom stereocenters. The molecule has 0 fully saturated rings. The summed E-state index contributed by atoms with van der Waals surface area (Å²) in [5, 5.41) is 20.1. The van der Waals surface area contributed by atoms with E-state index < -0.39 is 22.3 Å². The molecule has 0 spiro atoms. The minimum Gasteiger partial charge on any atom is -0.502 e. The summed E-state index contributed by atoms with van der Waals surface area (Å²) in [6, 6.07) is 3.49. The highest BCUT2D eigenvalue weighted by molar-refractivity contribution is 5.90. The molecule has 0 saturated carbocycles. The molecule has 1 N–H and O–H groups in total. The average Bonchev–Trinajstić information content (AvgIpc) is 2.59. The standard InChI is InChI=1S/C19H29NO5/c1-2-3-4-5-6-7-8-9-10-11-14-25-19(22)16-12-13-18(21)17(15-16)20(23)24/h12-13,15,21H,2-11,14H2,1H3. The number of nitrogens with zero attached hydrogens (tertiary/aromatic N) is 1. The SMILES string of the molecule is CCCCCCCCCCCCOC(=O)c1ccc(O)c([N+](=O)[O-])c1. The van der Waals surface area contributed by atoms with Crippen molar-refractivity contribution in [3.63, 3.8) is 0 Å². The smallest absolute Gasteiger partial charge is 0.338 e. The summed E-state index contributed by atoms with van der Waals surface area (Å²) < 4.78 is 5.13. The van der Waals surface area contributed by atoms with Crippen LogP contribution in [-0.4, -0.2) is 22.6 Å². The second-order valence-corrected chi connectivity index (χ2v) is 6.28. The molecular formula is C19H29NO5. The second-order valence-electron chi connectivity index (χ2n) is 6.28. The third kappa shape index (κ3) is 8.52. The molecule has 6 nitrogen and oxygen atoms in total. The van der Waals surface area contributed by atoms with Crippen LogP contribution in [0.5, 0.6) is 5.75 Å². The number of hydrogen-bond acceptors (Lipinski definition) is 5. The number of esters is 1. The molecule has 1 rings (SSSR count). The first-order chi connectivity index (χ1) is 12.1. The lowest BCUT2D eigenvalue weighted by molar-refractivity contribution is -0.385. The van der Waals surface area contributed by atoms with Gasteiger partial charge < -0.3 is 9.84 Å². The van der Waals surface area contributed by atoms with Crippen LogP contribution >= 0.6 is 0 Å². The van der Waals surface area contributed by atoms with E-state index in [-0.39, 0.29) is 5.56 Å². The maximum absolute atomic E-state index is 11.9. The Morgan fingerprint density at radius 1 is 1.04 bits per heavy atom. The van der Waals surface area contributed by atoms with Gasteiger partial charge in [0.1, 0.15) is 0 Å². The van der Waals surface area contributed by atoms with E-state index in [9.17, 15) is 20.0 Å². The molecule has 0 aromatic heterocycles. The number of carbonyl (C=O) groups excluding carboxylic acids is 1. The highest BCUT2D eigenvalue weighted by Crippen LogP contribution is 2.26.